The zero-order chi connectivity index (χ0) is 9.94. The highest BCUT2D eigenvalue weighted by molar-refractivity contribution is 4.79. The summed E-state index contributed by atoms with van der Waals surface area (Å²) in [5.41, 5.74) is 0. The maximum Gasteiger partial charge on any atom is 0.0574 e. The van der Waals surface area contributed by atoms with Crippen LogP contribution >= 0.6 is 0 Å². The number of hydrogen-bond donors (Lipinski definition) is 1. The molecule has 1 nitrogen and oxygen atoms in total. The summed E-state index contributed by atoms with van der Waals surface area (Å²) in [6, 6.07) is 0. The van der Waals surface area contributed by atoms with Crippen molar-refractivity contribution in [1.82, 2.24) is 0 Å². The summed E-state index contributed by atoms with van der Waals surface area (Å²) in [5.74, 6) is 0. The van der Waals surface area contributed by atoms with E-state index in [0.717, 1.165) is 12.8 Å². The maximum atomic E-state index is 9.49. The van der Waals surface area contributed by atoms with E-state index in [0.29, 0.717) is 0 Å². The van der Waals surface area contributed by atoms with E-state index in [2.05, 4.69) is 6.92 Å². The molecule has 1 heteroatoms. The highest BCUT2D eigenvalue weighted by atomic mass is 16.3. The van der Waals surface area contributed by atoms with Gasteiger partial charge in [-0.05, 0) is 19.8 Å². The first-order chi connectivity index (χ1) is 6.31. The van der Waals surface area contributed by atoms with E-state index < -0.39 is 0 Å². The average Bonchev–Trinajstić information content (AvgIpc) is 2.14. The number of aliphatic hydroxyl groups excluding tert-OH is 1. The quantitative estimate of drug-likeness (QED) is 0.451. The van der Waals surface area contributed by atoms with E-state index in [1.54, 1.807) is 0 Å². The molecule has 1 unspecified atom stereocenters. The molecule has 0 aliphatic carbocycles. The molecule has 0 aromatic heterocycles. The predicted molar refractivity (Wildman–Crippen MR) is 58.8 cm³/mol. The van der Waals surface area contributed by atoms with Crippen LogP contribution in [0.25, 0.3) is 0 Å². The molecule has 0 aromatic carbocycles. The monoisotopic (exact) mass is 184 g/mol. The van der Waals surface area contributed by atoms with Crippen LogP contribution in [0.15, 0.2) is 12.2 Å². The van der Waals surface area contributed by atoms with Gasteiger partial charge in [0.2, 0.25) is 0 Å². The van der Waals surface area contributed by atoms with Crippen LogP contribution in [-0.2, 0) is 0 Å². The molecule has 13 heavy (non-hydrogen) atoms. The molecule has 0 radical (unpaired) electrons. The Bertz CT molecular complexity index is 118. The molecule has 78 valence electrons. The summed E-state index contributed by atoms with van der Waals surface area (Å²) in [6.07, 6.45) is 12.1. The molecule has 0 aromatic rings. The number of allylic oxidation sites excluding steroid dienone is 1. The Morgan fingerprint density at radius 2 is 1.85 bits per heavy atom. The second kappa shape index (κ2) is 9.79. The topological polar surface area (TPSA) is 20.2 Å². The van der Waals surface area contributed by atoms with Gasteiger partial charge in [0.25, 0.3) is 0 Å². The lowest BCUT2D eigenvalue weighted by Crippen LogP contribution is -2.04. The third-order valence-electron chi connectivity index (χ3n) is 2.28. The van der Waals surface area contributed by atoms with Crippen LogP contribution in [0, 0.1) is 0 Å². The van der Waals surface area contributed by atoms with Gasteiger partial charge in [-0.2, -0.15) is 0 Å². The Labute approximate surface area is 82.9 Å². The third-order valence-corrected chi connectivity index (χ3v) is 2.28. The molecule has 0 saturated heterocycles. The molecule has 0 fully saturated rings. The number of rotatable bonds is 8. The minimum absolute atomic E-state index is 0.113. The fraction of sp³-hybridized carbons (Fsp3) is 0.833. The summed E-state index contributed by atoms with van der Waals surface area (Å²) >= 11 is 0. The zero-order valence-corrected chi connectivity index (χ0v) is 9.13. The molecule has 0 amide bonds. The highest BCUT2D eigenvalue weighted by Gasteiger charge is 2.00. The predicted octanol–water partition coefficient (Wildman–Crippen LogP) is 3.67. The van der Waals surface area contributed by atoms with Crippen molar-refractivity contribution >= 4 is 0 Å². The van der Waals surface area contributed by atoms with Gasteiger partial charge in [-0.25, -0.2) is 0 Å². The van der Waals surface area contributed by atoms with Gasteiger partial charge in [0, 0.05) is 0 Å². The Kier molecular flexibility index (Phi) is 9.56. The van der Waals surface area contributed by atoms with Gasteiger partial charge in [-0.15, -0.1) is 0 Å². The molecule has 0 heterocycles. The second-order valence-corrected chi connectivity index (χ2v) is 3.66. The van der Waals surface area contributed by atoms with Gasteiger partial charge >= 0.3 is 0 Å². The molecule has 0 aliphatic heterocycles. The van der Waals surface area contributed by atoms with Gasteiger partial charge in [0.05, 0.1) is 6.10 Å². The molecular formula is C12H24O. The molecule has 0 aliphatic rings. The molecule has 1 atom stereocenters. The smallest absolute Gasteiger partial charge is 0.0574 e. The first-order valence-corrected chi connectivity index (χ1v) is 5.60. The van der Waals surface area contributed by atoms with Crippen molar-refractivity contribution in [1.29, 1.82) is 0 Å². The molecule has 0 bridgehead atoms. The second-order valence-electron chi connectivity index (χ2n) is 3.66. The normalized spacial score (nSPS) is 13.8. The summed E-state index contributed by atoms with van der Waals surface area (Å²) in [5, 5.41) is 9.49. The summed E-state index contributed by atoms with van der Waals surface area (Å²) in [7, 11) is 0. The van der Waals surface area contributed by atoms with Crippen LogP contribution in [0.2, 0.25) is 0 Å². The lowest BCUT2D eigenvalue weighted by molar-refractivity contribution is 0.163. The fourth-order valence-corrected chi connectivity index (χ4v) is 1.39. The molecule has 0 rings (SSSR count). The number of aliphatic hydroxyl groups is 1. The molecular weight excluding hydrogens is 160 g/mol. The Morgan fingerprint density at radius 3 is 2.46 bits per heavy atom. The van der Waals surface area contributed by atoms with Gasteiger partial charge in [-0.3, -0.25) is 0 Å². The highest BCUT2D eigenvalue weighted by Crippen LogP contribution is 2.09. The lowest BCUT2D eigenvalue weighted by atomic mass is 10.1. The first kappa shape index (κ1) is 12.7. The molecule has 1 N–H and O–H groups in total. The van der Waals surface area contributed by atoms with Crippen LogP contribution in [0.4, 0.5) is 0 Å². The van der Waals surface area contributed by atoms with Gasteiger partial charge < -0.3 is 5.11 Å². The van der Waals surface area contributed by atoms with E-state index in [9.17, 15) is 5.11 Å². The van der Waals surface area contributed by atoms with Gasteiger partial charge in [0.1, 0.15) is 0 Å². The Morgan fingerprint density at radius 1 is 1.15 bits per heavy atom. The van der Waals surface area contributed by atoms with Crippen molar-refractivity contribution in [3.05, 3.63) is 12.2 Å². The van der Waals surface area contributed by atoms with Crippen LogP contribution in [0.5, 0.6) is 0 Å². The van der Waals surface area contributed by atoms with E-state index >= 15 is 0 Å². The SMILES string of the molecule is C/C=C\CC(O)CCCCCCC. The van der Waals surface area contributed by atoms with E-state index in [4.69, 9.17) is 0 Å². The van der Waals surface area contributed by atoms with Crippen LogP contribution in [0.1, 0.15) is 58.8 Å². The van der Waals surface area contributed by atoms with Crippen molar-refractivity contribution in [2.75, 3.05) is 0 Å². The summed E-state index contributed by atoms with van der Waals surface area (Å²) in [6.45, 7) is 4.22. The van der Waals surface area contributed by atoms with E-state index in [-0.39, 0.29) is 6.10 Å². The van der Waals surface area contributed by atoms with Crippen LogP contribution in [0.3, 0.4) is 0 Å². The standard InChI is InChI=1S/C12H24O/c1-3-5-7-8-9-11-12(13)10-6-4-2/h4,6,12-13H,3,5,7-11H2,1-2H3/b6-4-. The van der Waals surface area contributed by atoms with Crippen molar-refractivity contribution in [3.63, 3.8) is 0 Å². The lowest BCUT2D eigenvalue weighted by Gasteiger charge is -2.06. The van der Waals surface area contributed by atoms with E-state index in [1.165, 1.54) is 32.1 Å². The number of hydrogen-bond acceptors (Lipinski definition) is 1. The van der Waals surface area contributed by atoms with Crippen LogP contribution < -0.4 is 0 Å². The Hall–Kier alpha value is -0.300. The van der Waals surface area contributed by atoms with Crippen molar-refractivity contribution in [2.45, 2.75) is 64.9 Å². The molecule has 0 spiro atoms. The van der Waals surface area contributed by atoms with Crippen LogP contribution in [-0.4, -0.2) is 11.2 Å². The van der Waals surface area contributed by atoms with Crippen molar-refractivity contribution < 1.29 is 5.11 Å². The summed E-state index contributed by atoms with van der Waals surface area (Å²) < 4.78 is 0. The van der Waals surface area contributed by atoms with Crippen molar-refractivity contribution in [3.8, 4) is 0 Å². The minimum atomic E-state index is -0.113. The molecule has 0 saturated carbocycles. The fourth-order valence-electron chi connectivity index (χ4n) is 1.39. The average molecular weight is 184 g/mol. The largest absolute Gasteiger partial charge is 0.393 e. The minimum Gasteiger partial charge on any atom is -0.393 e. The third kappa shape index (κ3) is 9.62. The number of unbranched alkanes of at least 4 members (excludes halogenated alkanes) is 4. The summed E-state index contributed by atoms with van der Waals surface area (Å²) in [4.78, 5) is 0. The first-order valence-electron chi connectivity index (χ1n) is 5.60. The van der Waals surface area contributed by atoms with Gasteiger partial charge in [0.15, 0.2) is 0 Å². The van der Waals surface area contributed by atoms with E-state index in [1.807, 2.05) is 19.1 Å². The zero-order valence-electron chi connectivity index (χ0n) is 9.13. The van der Waals surface area contributed by atoms with Crippen molar-refractivity contribution in [2.24, 2.45) is 0 Å². The van der Waals surface area contributed by atoms with Gasteiger partial charge in [-0.1, -0.05) is 51.2 Å². The Balaban J connectivity index is 3.12. The maximum absolute atomic E-state index is 9.49.